The number of hydrogen-bond acceptors (Lipinski definition) is 1. The Labute approximate surface area is 128 Å². The van der Waals surface area contributed by atoms with Crippen LogP contribution in [0.25, 0.3) is 0 Å². The molecule has 1 aromatic rings. The molecule has 0 saturated heterocycles. The fourth-order valence-corrected chi connectivity index (χ4v) is 3.23. The van der Waals surface area contributed by atoms with Crippen molar-refractivity contribution < 1.29 is 9.18 Å². The Morgan fingerprint density at radius 3 is 2.60 bits per heavy atom. The standard InChI is InChI=1S/C16H21BrFNO/c1-10-9-15(2,3)19(14(20)16(4,5)17)13-7-6-11(18)8-12(10)13/h6-8,10H,9H2,1-5H3/t10-/m1/s1. The summed E-state index contributed by atoms with van der Waals surface area (Å²) in [6, 6.07) is 4.70. The van der Waals surface area contributed by atoms with Gasteiger partial charge in [0.25, 0.3) is 0 Å². The van der Waals surface area contributed by atoms with Crippen LogP contribution in [0.15, 0.2) is 18.2 Å². The summed E-state index contributed by atoms with van der Waals surface area (Å²) in [5.41, 5.74) is 1.45. The molecule has 2 nitrogen and oxygen atoms in total. The van der Waals surface area contributed by atoms with Crippen LogP contribution in [0.3, 0.4) is 0 Å². The molecule has 1 aromatic carbocycles. The van der Waals surface area contributed by atoms with Crippen molar-refractivity contribution in [1.82, 2.24) is 0 Å². The summed E-state index contributed by atoms with van der Waals surface area (Å²) < 4.78 is 12.9. The highest BCUT2D eigenvalue weighted by Crippen LogP contribution is 2.45. The predicted molar refractivity (Wildman–Crippen MR) is 84.0 cm³/mol. The molecular formula is C16H21BrFNO. The summed E-state index contributed by atoms with van der Waals surface area (Å²) in [6.45, 7) is 9.89. The van der Waals surface area contributed by atoms with Crippen molar-refractivity contribution in [3.05, 3.63) is 29.6 Å². The van der Waals surface area contributed by atoms with Crippen LogP contribution in [0.2, 0.25) is 0 Å². The number of hydrogen-bond donors (Lipinski definition) is 0. The van der Waals surface area contributed by atoms with E-state index in [0.717, 1.165) is 17.7 Å². The first-order valence-electron chi connectivity index (χ1n) is 6.87. The molecule has 4 heteroatoms. The lowest BCUT2D eigenvalue weighted by Crippen LogP contribution is -2.56. The zero-order valence-electron chi connectivity index (χ0n) is 12.6. The quantitative estimate of drug-likeness (QED) is 0.682. The second kappa shape index (κ2) is 4.83. The summed E-state index contributed by atoms with van der Waals surface area (Å²) in [7, 11) is 0. The first-order valence-corrected chi connectivity index (χ1v) is 7.66. The van der Waals surface area contributed by atoms with Gasteiger partial charge in [0, 0.05) is 11.2 Å². The van der Waals surface area contributed by atoms with E-state index >= 15 is 0 Å². The molecule has 1 atom stereocenters. The third-order valence-electron chi connectivity index (χ3n) is 3.88. The van der Waals surface area contributed by atoms with Crippen LogP contribution < -0.4 is 4.90 Å². The molecular weight excluding hydrogens is 321 g/mol. The molecule has 1 aliphatic heterocycles. The van der Waals surface area contributed by atoms with Gasteiger partial charge in [-0.15, -0.1) is 0 Å². The van der Waals surface area contributed by atoms with Gasteiger partial charge in [-0.1, -0.05) is 22.9 Å². The maximum Gasteiger partial charge on any atom is 0.243 e. The summed E-state index contributed by atoms with van der Waals surface area (Å²) >= 11 is 3.45. The third-order valence-corrected chi connectivity index (χ3v) is 4.22. The molecule has 0 fully saturated rings. The average molecular weight is 342 g/mol. The minimum absolute atomic E-state index is 0.00209. The lowest BCUT2D eigenvalue weighted by atomic mass is 9.79. The van der Waals surface area contributed by atoms with Gasteiger partial charge >= 0.3 is 0 Å². The number of carbonyl (C=O) groups excluding carboxylic acids is 1. The van der Waals surface area contributed by atoms with Gasteiger partial charge in [0.1, 0.15) is 5.82 Å². The molecule has 0 spiro atoms. The molecule has 1 heterocycles. The van der Waals surface area contributed by atoms with Gasteiger partial charge in [-0.3, -0.25) is 4.79 Å². The Hall–Kier alpha value is -0.900. The molecule has 110 valence electrons. The minimum Gasteiger partial charge on any atom is -0.305 e. The average Bonchev–Trinajstić information content (AvgIpc) is 2.27. The van der Waals surface area contributed by atoms with Crippen LogP contribution in [0.4, 0.5) is 10.1 Å². The maximum atomic E-state index is 13.5. The number of carbonyl (C=O) groups is 1. The maximum absolute atomic E-state index is 13.5. The summed E-state index contributed by atoms with van der Waals surface area (Å²) in [5.74, 6) is -0.0127. The lowest BCUT2D eigenvalue weighted by Gasteiger charge is -2.47. The number of fused-ring (bicyclic) bond motifs is 1. The van der Waals surface area contributed by atoms with Crippen molar-refractivity contribution in [1.29, 1.82) is 0 Å². The first kappa shape index (κ1) is 15.5. The smallest absolute Gasteiger partial charge is 0.243 e. The van der Waals surface area contributed by atoms with Gasteiger partial charge in [-0.25, -0.2) is 4.39 Å². The molecule has 0 unspecified atom stereocenters. The monoisotopic (exact) mass is 341 g/mol. The lowest BCUT2D eigenvalue weighted by molar-refractivity contribution is -0.121. The fraction of sp³-hybridized carbons (Fsp3) is 0.562. The molecule has 0 aromatic heterocycles. The molecule has 0 N–H and O–H groups in total. The van der Waals surface area contributed by atoms with Crippen LogP contribution in [-0.4, -0.2) is 15.8 Å². The van der Waals surface area contributed by atoms with Crippen LogP contribution in [0.1, 0.15) is 52.5 Å². The predicted octanol–water partition coefficient (Wildman–Crippen LogP) is 4.62. The van der Waals surface area contributed by atoms with Crippen molar-refractivity contribution in [2.75, 3.05) is 4.90 Å². The van der Waals surface area contributed by atoms with E-state index < -0.39 is 4.32 Å². The SMILES string of the molecule is C[C@@H]1CC(C)(C)N(C(=O)C(C)(C)Br)c2ccc(F)cc21. The van der Waals surface area contributed by atoms with Crippen molar-refractivity contribution in [3.63, 3.8) is 0 Å². The van der Waals surface area contributed by atoms with E-state index in [1.807, 2.05) is 18.7 Å². The van der Waals surface area contributed by atoms with Crippen LogP contribution in [0, 0.1) is 5.82 Å². The third kappa shape index (κ3) is 2.62. The van der Waals surface area contributed by atoms with E-state index in [-0.39, 0.29) is 23.2 Å². The largest absolute Gasteiger partial charge is 0.305 e. The molecule has 0 saturated carbocycles. The van der Waals surface area contributed by atoms with Gasteiger partial charge in [0.05, 0.1) is 4.32 Å². The topological polar surface area (TPSA) is 20.3 Å². The Kier molecular flexibility index (Phi) is 3.74. The first-order chi connectivity index (χ1) is 9.04. The van der Waals surface area contributed by atoms with Gasteiger partial charge in [-0.05, 0) is 63.8 Å². The Balaban J connectivity index is 2.60. The normalized spacial score (nSPS) is 21.6. The van der Waals surface area contributed by atoms with Crippen LogP contribution in [-0.2, 0) is 4.79 Å². The van der Waals surface area contributed by atoms with Crippen molar-refractivity contribution in [3.8, 4) is 0 Å². The zero-order chi connectivity index (χ0) is 15.3. The minimum atomic E-state index is -0.642. The number of amides is 1. The second-order valence-corrected chi connectivity index (χ2v) is 8.72. The highest BCUT2D eigenvalue weighted by molar-refractivity contribution is 9.10. The number of anilines is 1. The van der Waals surface area contributed by atoms with E-state index in [1.165, 1.54) is 6.07 Å². The molecule has 20 heavy (non-hydrogen) atoms. The van der Waals surface area contributed by atoms with Crippen LogP contribution in [0.5, 0.6) is 0 Å². The number of alkyl halides is 1. The van der Waals surface area contributed by atoms with Gasteiger partial charge in [0.15, 0.2) is 0 Å². The molecule has 0 aliphatic carbocycles. The summed E-state index contributed by atoms with van der Waals surface area (Å²) in [6.07, 6.45) is 0.818. The number of rotatable bonds is 1. The Morgan fingerprint density at radius 1 is 1.45 bits per heavy atom. The Morgan fingerprint density at radius 2 is 2.05 bits per heavy atom. The van der Waals surface area contributed by atoms with Gasteiger partial charge in [-0.2, -0.15) is 0 Å². The molecule has 2 rings (SSSR count). The van der Waals surface area contributed by atoms with Gasteiger partial charge in [0.2, 0.25) is 5.91 Å². The van der Waals surface area contributed by atoms with Crippen LogP contribution >= 0.6 is 15.9 Å². The van der Waals surface area contributed by atoms with Crippen molar-refractivity contribution >= 4 is 27.5 Å². The van der Waals surface area contributed by atoms with Crippen molar-refractivity contribution in [2.45, 2.75) is 56.8 Å². The van der Waals surface area contributed by atoms with E-state index in [1.54, 1.807) is 12.1 Å². The highest BCUT2D eigenvalue weighted by Gasteiger charge is 2.43. The fourth-order valence-electron chi connectivity index (χ4n) is 3.05. The molecule has 1 amide bonds. The highest BCUT2D eigenvalue weighted by atomic mass is 79.9. The molecule has 1 aliphatic rings. The van der Waals surface area contributed by atoms with E-state index in [4.69, 9.17) is 0 Å². The second-order valence-electron chi connectivity index (χ2n) is 6.73. The van der Waals surface area contributed by atoms with Gasteiger partial charge < -0.3 is 4.90 Å². The number of benzene rings is 1. The number of nitrogens with zero attached hydrogens (tertiary/aromatic N) is 1. The Bertz CT molecular complexity index is 548. The molecule has 0 radical (unpaired) electrons. The van der Waals surface area contributed by atoms with E-state index in [0.29, 0.717) is 0 Å². The zero-order valence-corrected chi connectivity index (χ0v) is 14.2. The summed E-state index contributed by atoms with van der Waals surface area (Å²) in [5, 5.41) is 0. The summed E-state index contributed by atoms with van der Waals surface area (Å²) in [4.78, 5) is 14.6. The molecule has 0 bridgehead atoms. The van der Waals surface area contributed by atoms with Crippen molar-refractivity contribution in [2.24, 2.45) is 0 Å². The van der Waals surface area contributed by atoms with E-state index in [9.17, 15) is 9.18 Å². The number of halogens is 2. The van der Waals surface area contributed by atoms with E-state index in [2.05, 4.69) is 36.7 Å².